The Bertz CT molecular complexity index is 725. The maximum Gasteiger partial charge on any atom is 0.145 e. The molecule has 248 valence electrons. The summed E-state index contributed by atoms with van der Waals surface area (Å²) in [6.45, 7) is 6.52. The minimum atomic E-state index is 0.0906. The summed E-state index contributed by atoms with van der Waals surface area (Å²) in [4.78, 5) is 13.9. The topological polar surface area (TPSA) is 35.5 Å². The monoisotopic (exact) mass is 599 g/mol. The van der Waals surface area contributed by atoms with E-state index in [2.05, 4.69) is 13.8 Å². The summed E-state index contributed by atoms with van der Waals surface area (Å²) in [6.07, 6.45) is 36.3. The van der Waals surface area contributed by atoms with E-state index in [4.69, 9.17) is 9.47 Å². The summed E-state index contributed by atoms with van der Waals surface area (Å²) < 4.78 is 12.5. The van der Waals surface area contributed by atoms with Crippen molar-refractivity contribution in [2.45, 2.75) is 199 Å². The lowest BCUT2D eigenvalue weighted by Crippen LogP contribution is -2.60. The maximum atomic E-state index is 13.9. The Hall–Kier alpha value is -0.410. The molecule has 0 bridgehead atoms. The van der Waals surface area contributed by atoms with Crippen molar-refractivity contribution in [1.82, 2.24) is 0 Å². The van der Waals surface area contributed by atoms with Gasteiger partial charge < -0.3 is 9.47 Å². The molecule has 43 heavy (non-hydrogen) atoms. The molecule has 0 radical (unpaired) electrons. The highest BCUT2D eigenvalue weighted by molar-refractivity contribution is 5.96. The van der Waals surface area contributed by atoms with Crippen LogP contribution in [0.1, 0.15) is 187 Å². The quantitative estimate of drug-likeness (QED) is 0.166. The van der Waals surface area contributed by atoms with Crippen LogP contribution in [-0.4, -0.2) is 31.2 Å². The Morgan fingerprint density at radius 1 is 0.488 bits per heavy atom. The van der Waals surface area contributed by atoms with Crippen molar-refractivity contribution in [1.29, 1.82) is 0 Å². The number of Topliss-reactive ketones (excluding diaryl/α,β-unsaturated/α-hetero) is 1. The van der Waals surface area contributed by atoms with E-state index < -0.39 is 0 Å². The number of carbonyl (C=O) groups excluding carboxylic acids is 1. The zero-order chi connectivity index (χ0) is 30.0. The second-order valence-corrected chi connectivity index (χ2v) is 16.4. The summed E-state index contributed by atoms with van der Waals surface area (Å²) in [5, 5.41) is 0. The van der Waals surface area contributed by atoms with Gasteiger partial charge in [0, 0.05) is 24.0 Å². The van der Waals surface area contributed by atoms with Gasteiger partial charge >= 0.3 is 0 Å². The minimum absolute atomic E-state index is 0.0906. The van der Waals surface area contributed by atoms with Gasteiger partial charge in [-0.15, -0.1) is 0 Å². The molecule has 5 rings (SSSR count). The van der Waals surface area contributed by atoms with Crippen LogP contribution < -0.4 is 0 Å². The zero-order valence-electron chi connectivity index (χ0n) is 28.7. The number of ether oxygens (including phenoxy) is 2. The molecule has 0 atom stereocenters. The fourth-order valence-electron chi connectivity index (χ4n) is 10.8. The van der Waals surface area contributed by atoms with Crippen molar-refractivity contribution in [2.24, 2.45) is 34.5 Å². The molecule has 0 heterocycles. The fourth-order valence-corrected chi connectivity index (χ4v) is 10.8. The van der Waals surface area contributed by atoms with Crippen molar-refractivity contribution in [2.75, 3.05) is 13.2 Å². The lowest BCUT2D eigenvalue weighted by molar-refractivity contribution is -0.170. The summed E-state index contributed by atoms with van der Waals surface area (Å²) in [6, 6.07) is 0. The molecule has 0 aromatic carbocycles. The van der Waals surface area contributed by atoms with Gasteiger partial charge in [-0.25, -0.2) is 0 Å². The lowest BCUT2D eigenvalue weighted by Gasteiger charge is -2.60. The van der Waals surface area contributed by atoms with Crippen molar-refractivity contribution < 1.29 is 14.3 Å². The van der Waals surface area contributed by atoms with Gasteiger partial charge in [-0.3, -0.25) is 4.79 Å². The number of carbonyl (C=O) groups is 1. The molecular formula is C40H70O3. The first-order valence-corrected chi connectivity index (χ1v) is 19.9. The van der Waals surface area contributed by atoms with Crippen molar-refractivity contribution >= 4 is 5.78 Å². The largest absolute Gasteiger partial charge is 0.378 e. The Labute approximate surface area is 266 Å². The average molecular weight is 599 g/mol. The Morgan fingerprint density at radius 2 is 0.837 bits per heavy atom. The molecule has 5 saturated carbocycles. The summed E-state index contributed by atoms with van der Waals surface area (Å²) in [5.41, 5.74) is 0.181. The van der Waals surface area contributed by atoms with E-state index in [-0.39, 0.29) is 10.8 Å². The van der Waals surface area contributed by atoms with Gasteiger partial charge in [-0.1, -0.05) is 65.2 Å². The number of unbranched alkanes of at least 4 members (excludes halogenated alkanes) is 8. The van der Waals surface area contributed by atoms with Crippen LogP contribution in [0, 0.1) is 34.5 Å². The third kappa shape index (κ3) is 8.90. The zero-order valence-corrected chi connectivity index (χ0v) is 28.7. The van der Waals surface area contributed by atoms with Crippen molar-refractivity contribution in [3.8, 4) is 0 Å². The Balaban J connectivity index is 0.941. The Kier molecular flexibility index (Phi) is 13.4. The molecule has 5 fully saturated rings. The van der Waals surface area contributed by atoms with Crippen LogP contribution in [0.25, 0.3) is 0 Å². The van der Waals surface area contributed by atoms with Crippen LogP contribution in [0.4, 0.5) is 0 Å². The lowest BCUT2D eigenvalue weighted by atomic mass is 9.42. The molecule has 0 saturated heterocycles. The van der Waals surface area contributed by atoms with E-state index in [1.165, 1.54) is 173 Å². The first kappa shape index (κ1) is 33.9. The van der Waals surface area contributed by atoms with Gasteiger partial charge in [0.1, 0.15) is 5.78 Å². The third-order valence-electron chi connectivity index (χ3n) is 13.6. The molecule has 0 aliphatic heterocycles. The van der Waals surface area contributed by atoms with Crippen LogP contribution in [0.2, 0.25) is 0 Å². The second kappa shape index (κ2) is 16.9. The van der Waals surface area contributed by atoms with Crippen LogP contribution in [0.5, 0.6) is 0 Å². The van der Waals surface area contributed by atoms with E-state index >= 15 is 0 Å². The number of ketones is 1. The highest BCUT2D eigenvalue weighted by atomic mass is 16.5. The molecule has 0 aromatic rings. The smallest absolute Gasteiger partial charge is 0.145 e. The maximum absolute atomic E-state index is 13.9. The predicted molar refractivity (Wildman–Crippen MR) is 179 cm³/mol. The normalized spacial score (nSPS) is 38.4. The standard InChI is InChI=1S/C40H70O3/c1-3-5-7-9-11-29-42-36-17-13-32(14-18-36)34-21-25-39(26-22-34)31-40(38(39)41)27-23-35(24-28-40)33-15-19-37(20-16-33)43-30-12-10-8-6-4-2/h32-37H,3-31H2,1-2H3. The van der Waals surface area contributed by atoms with E-state index in [9.17, 15) is 4.79 Å². The summed E-state index contributed by atoms with van der Waals surface area (Å²) in [7, 11) is 0. The SMILES string of the molecule is CCCCCCCOC1CCC(C2CCC3(CC2)CC2(CCC(C4CCC(OCCCCCCC)CC4)CC2)C3=O)CC1. The number of hydrogen-bond donors (Lipinski definition) is 0. The van der Waals surface area contributed by atoms with Crippen molar-refractivity contribution in [3.05, 3.63) is 0 Å². The molecule has 5 aliphatic carbocycles. The summed E-state index contributed by atoms with van der Waals surface area (Å²) in [5.74, 6) is 4.27. The van der Waals surface area contributed by atoms with Crippen LogP contribution in [0.3, 0.4) is 0 Å². The molecule has 3 heteroatoms. The molecule has 0 amide bonds. The van der Waals surface area contributed by atoms with Crippen LogP contribution in [-0.2, 0) is 14.3 Å². The molecule has 0 aromatic heterocycles. The van der Waals surface area contributed by atoms with Gasteiger partial charge in [-0.2, -0.15) is 0 Å². The molecule has 0 N–H and O–H groups in total. The van der Waals surface area contributed by atoms with Crippen LogP contribution >= 0.6 is 0 Å². The predicted octanol–water partition coefficient (Wildman–Crippen LogP) is 11.4. The second-order valence-electron chi connectivity index (χ2n) is 16.4. The molecule has 0 unspecified atom stereocenters. The number of hydrogen-bond acceptors (Lipinski definition) is 3. The molecule has 3 nitrogen and oxygen atoms in total. The molecule has 2 spiro atoms. The fraction of sp³-hybridized carbons (Fsp3) is 0.975. The highest BCUT2D eigenvalue weighted by Crippen LogP contribution is 2.65. The average Bonchev–Trinajstić information content (AvgIpc) is 3.05. The first-order chi connectivity index (χ1) is 21.1. The van der Waals surface area contributed by atoms with Crippen molar-refractivity contribution in [3.63, 3.8) is 0 Å². The van der Waals surface area contributed by atoms with E-state index in [0.29, 0.717) is 12.2 Å². The number of rotatable bonds is 16. The van der Waals surface area contributed by atoms with Gasteiger partial charge in [0.05, 0.1) is 12.2 Å². The summed E-state index contributed by atoms with van der Waals surface area (Å²) >= 11 is 0. The minimum Gasteiger partial charge on any atom is -0.378 e. The van der Waals surface area contributed by atoms with Gasteiger partial charge in [0.25, 0.3) is 0 Å². The van der Waals surface area contributed by atoms with E-state index in [1.54, 1.807) is 0 Å². The highest BCUT2D eigenvalue weighted by Gasteiger charge is 2.63. The molecular weight excluding hydrogens is 528 g/mol. The van der Waals surface area contributed by atoms with E-state index in [1.807, 2.05) is 0 Å². The third-order valence-corrected chi connectivity index (χ3v) is 13.6. The van der Waals surface area contributed by atoms with Gasteiger partial charge in [-0.05, 0) is 146 Å². The van der Waals surface area contributed by atoms with Gasteiger partial charge in [0.2, 0.25) is 0 Å². The first-order valence-electron chi connectivity index (χ1n) is 19.9. The van der Waals surface area contributed by atoms with E-state index in [0.717, 1.165) is 42.7 Å². The van der Waals surface area contributed by atoms with Gasteiger partial charge in [0.15, 0.2) is 0 Å². The van der Waals surface area contributed by atoms with Crippen LogP contribution in [0.15, 0.2) is 0 Å². The Morgan fingerprint density at radius 3 is 1.19 bits per heavy atom. The molecule has 5 aliphatic rings.